The number of carbonyl (C=O) groups excluding carboxylic acids is 1. The van der Waals surface area contributed by atoms with Crippen LogP contribution >= 0.6 is 24.0 Å². The average Bonchev–Trinajstić information content (AvgIpc) is 3.03. The lowest BCUT2D eigenvalue weighted by Crippen LogP contribution is -2.52. The lowest BCUT2D eigenvalue weighted by Gasteiger charge is -2.36. The van der Waals surface area contributed by atoms with E-state index in [1.165, 1.54) is 0 Å². The van der Waals surface area contributed by atoms with Gasteiger partial charge in [-0.25, -0.2) is 0 Å². The fourth-order valence-corrected chi connectivity index (χ4v) is 2.81. The molecule has 2 heterocycles. The van der Waals surface area contributed by atoms with Gasteiger partial charge in [0.2, 0.25) is 5.91 Å². The summed E-state index contributed by atoms with van der Waals surface area (Å²) in [6.07, 6.45) is 0. The predicted molar refractivity (Wildman–Crippen MR) is 117 cm³/mol. The molecule has 0 atom stereocenters. The number of hydrogen-bond acceptors (Lipinski definition) is 5. The van der Waals surface area contributed by atoms with Gasteiger partial charge in [-0.1, -0.05) is 19.0 Å². The molecule has 1 aromatic heterocycles. The van der Waals surface area contributed by atoms with Gasteiger partial charge in [-0.2, -0.15) is 0 Å². The highest BCUT2D eigenvalue weighted by atomic mass is 127. The number of nitrogens with zero attached hydrogens (tertiary/aromatic N) is 4. The molecule has 0 aliphatic carbocycles. The number of piperazine rings is 1. The van der Waals surface area contributed by atoms with Gasteiger partial charge in [-0.15, -0.1) is 24.0 Å². The summed E-state index contributed by atoms with van der Waals surface area (Å²) in [4.78, 5) is 20.9. The number of halogens is 1. The summed E-state index contributed by atoms with van der Waals surface area (Å²) in [5, 5.41) is 10.3. The number of carbonyl (C=O) groups is 1. The molecular weight excluding hydrogens is 459 g/mol. The van der Waals surface area contributed by atoms with E-state index in [0.717, 1.165) is 56.7 Å². The third kappa shape index (κ3) is 8.04. The first-order valence-electron chi connectivity index (χ1n) is 9.45. The van der Waals surface area contributed by atoms with Crippen molar-refractivity contribution in [1.29, 1.82) is 0 Å². The summed E-state index contributed by atoms with van der Waals surface area (Å²) in [5.74, 6) is 1.85. The first kappa shape index (κ1) is 23.7. The van der Waals surface area contributed by atoms with E-state index in [0.29, 0.717) is 13.1 Å². The number of aryl methyl sites for hydroxylation is 1. The topological polar surface area (TPSA) is 86.0 Å². The highest BCUT2D eigenvalue weighted by Crippen LogP contribution is 2.09. The number of nitrogens with one attached hydrogen (secondary N) is 2. The van der Waals surface area contributed by atoms with Crippen LogP contribution in [0.4, 0.5) is 0 Å². The fraction of sp³-hybridized carbons (Fsp3) is 0.722. The van der Waals surface area contributed by atoms with Crippen LogP contribution in [0, 0.1) is 12.8 Å². The van der Waals surface area contributed by atoms with Crippen LogP contribution in [0.1, 0.15) is 32.2 Å². The minimum absolute atomic E-state index is 0. The van der Waals surface area contributed by atoms with Gasteiger partial charge in [0, 0.05) is 57.8 Å². The van der Waals surface area contributed by atoms with Crippen molar-refractivity contribution in [2.45, 2.75) is 34.2 Å². The summed E-state index contributed by atoms with van der Waals surface area (Å²) < 4.78 is 5.14. The van der Waals surface area contributed by atoms with Gasteiger partial charge in [0.15, 0.2) is 5.96 Å². The van der Waals surface area contributed by atoms with Crippen LogP contribution in [0.5, 0.6) is 0 Å². The number of guanidine groups is 1. The Morgan fingerprint density at radius 3 is 2.56 bits per heavy atom. The number of aliphatic imine (C=N–C) groups is 1. The van der Waals surface area contributed by atoms with Gasteiger partial charge in [-0.3, -0.25) is 14.7 Å². The second-order valence-corrected chi connectivity index (χ2v) is 6.87. The first-order chi connectivity index (χ1) is 12.5. The molecule has 0 spiro atoms. The Balaban J connectivity index is 0.00000364. The quantitative estimate of drug-likeness (QED) is 0.260. The minimum atomic E-state index is 0. The van der Waals surface area contributed by atoms with Crippen LogP contribution < -0.4 is 10.6 Å². The van der Waals surface area contributed by atoms with E-state index in [1.807, 2.05) is 26.8 Å². The van der Waals surface area contributed by atoms with Gasteiger partial charge >= 0.3 is 0 Å². The van der Waals surface area contributed by atoms with Crippen LogP contribution in [0.25, 0.3) is 0 Å². The Morgan fingerprint density at radius 1 is 1.30 bits per heavy atom. The second-order valence-electron chi connectivity index (χ2n) is 6.87. The molecule has 2 rings (SSSR count). The Kier molecular flexibility index (Phi) is 10.7. The molecule has 1 aliphatic rings. The van der Waals surface area contributed by atoms with Crippen molar-refractivity contribution in [2.24, 2.45) is 10.9 Å². The maximum Gasteiger partial charge on any atom is 0.222 e. The van der Waals surface area contributed by atoms with Crippen LogP contribution in [-0.2, 0) is 11.3 Å². The minimum Gasteiger partial charge on any atom is -0.361 e. The number of aromatic nitrogens is 1. The van der Waals surface area contributed by atoms with Crippen LogP contribution in [0.2, 0.25) is 0 Å². The lowest BCUT2D eigenvalue weighted by atomic mass is 10.2. The Hall–Kier alpha value is -1.36. The molecule has 154 valence electrons. The van der Waals surface area contributed by atoms with Crippen LogP contribution in [-0.4, -0.2) is 72.6 Å². The number of hydrogen-bond donors (Lipinski definition) is 2. The average molecular weight is 492 g/mol. The van der Waals surface area contributed by atoms with E-state index in [-0.39, 0.29) is 35.8 Å². The molecule has 1 aromatic rings. The van der Waals surface area contributed by atoms with Crippen molar-refractivity contribution in [2.75, 3.05) is 45.8 Å². The summed E-state index contributed by atoms with van der Waals surface area (Å²) >= 11 is 0. The fourth-order valence-electron chi connectivity index (χ4n) is 2.81. The van der Waals surface area contributed by atoms with Gasteiger partial charge in [0.1, 0.15) is 5.76 Å². The highest BCUT2D eigenvalue weighted by molar-refractivity contribution is 14.0. The van der Waals surface area contributed by atoms with Gasteiger partial charge in [0.25, 0.3) is 0 Å². The number of amides is 1. The molecule has 1 fully saturated rings. The van der Waals surface area contributed by atoms with Crippen molar-refractivity contribution < 1.29 is 9.32 Å². The first-order valence-corrected chi connectivity index (χ1v) is 9.45. The summed E-state index contributed by atoms with van der Waals surface area (Å²) in [5.41, 5.74) is 0.984. The maximum atomic E-state index is 11.6. The lowest BCUT2D eigenvalue weighted by molar-refractivity contribution is -0.123. The molecule has 8 nitrogen and oxygen atoms in total. The van der Waals surface area contributed by atoms with Gasteiger partial charge in [0.05, 0.1) is 12.2 Å². The van der Waals surface area contributed by atoms with Crippen LogP contribution in [0.15, 0.2) is 15.6 Å². The zero-order valence-electron chi connectivity index (χ0n) is 16.8. The molecule has 0 saturated carbocycles. The normalized spacial score (nSPS) is 15.6. The standard InChI is InChI=1S/C18H32N6O2.HI/c1-5-19-18(21-7-6-20-17(25)14(2)3)24-10-8-23(9-11-24)13-16-12-15(4)26-22-16;/h12,14H,5-11,13H2,1-4H3,(H,19,21)(H,20,25);1H. The SMILES string of the molecule is CCNC(=NCCNC(=O)C(C)C)N1CCN(Cc2cc(C)on2)CC1.I. The monoisotopic (exact) mass is 492 g/mol. The highest BCUT2D eigenvalue weighted by Gasteiger charge is 2.20. The van der Waals surface area contributed by atoms with E-state index < -0.39 is 0 Å². The van der Waals surface area contributed by atoms with Gasteiger partial charge in [-0.05, 0) is 13.8 Å². The molecule has 0 unspecified atom stereocenters. The molecule has 0 bridgehead atoms. The molecule has 1 amide bonds. The molecule has 0 aromatic carbocycles. The van der Waals surface area contributed by atoms with E-state index in [4.69, 9.17) is 4.52 Å². The Bertz CT molecular complexity index is 596. The second kappa shape index (κ2) is 12.2. The van der Waals surface area contributed by atoms with E-state index in [2.05, 4.69) is 37.5 Å². The Labute approximate surface area is 179 Å². The molecule has 1 aliphatic heterocycles. The third-order valence-corrected chi connectivity index (χ3v) is 4.27. The maximum absolute atomic E-state index is 11.6. The van der Waals surface area contributed by atoms with Crippen molar-refractivity contribution >= 4 is 35.8 Å². The largest absolute Gasteiger partial charge is 0.361 e. The summed E-state index contributed by atoms with van der Waals surface area (Å²) in [6, 6.07) is 1.99. The Morgan fingerprint density at radius 2 is 2.00 bits per heavy atom. The smallest absolute Gasteiger partial charge is 0.222 e. The zero-order chi connectivity index (χ0) is 18.9. The molecule has 9 heteroatoms. The van der Waals surface area contributed by atoms with Crippen LogP contribution in [0.3, 0.4) is 0 Å². The zero-order valence-corrected chi connectivity index (χ0v) is 19.2. The number of rotatable bonds is 7. The summed E-state index contributed by atoms with van der Waals surface area (Å²) in [7, 11) is 0. The van der Waals surface area contributed by atoms with E-state index in [1.54, 1.807) is 0 Å². The van der Waals surface area contributed by atoms with Crippen molar-refractivity contribution in [1.82, 2.24) is 25.6 Å². The predicted octanol–water partition coefficient (Wildman–Crippen LogP) is 1.46. The van der Waals surface area contributed by atoms with Crippen molar-refractivity contribution in [3.05, 3.63) is 17.5 Å². The van der Waals surface area contributed by atoms with Gasteiger partial charge < -0.3 is 20.1 Å². The molecule has 1 saturated heterocycles. The molecule has 27 heavy (non-hydrogen) atoms. The van der Waals surface area contributed by atoms with E-state index >= 15 is 0 Å². The van der Waals surface area contributed by atoms with Crippen molar-refractivity contribution in [3.63, 3.8) is 0 Å². The molecular formula is C18H33IN6O2. The van der Waals surface area contributed by atoms with Crippen molar-refractivity contribution in [3.8, 4) is 0 Å². The third-order valence-electron chi connectivity index (χ3n) is 4.27. The van der Waals surface area contributed by atoms with E-state index in [9.17, 15) is 4.79 Å². The molecule has 2 N–H and O–H groups in total. The molecule has 0 radical (unpaired) electrons. The summed E-state index contributed by atoms with van der Waals surface area (Å²) in [6.45, 7) is 14.3.